The van der Waals surface area contributed by atoms with Crippen molar-refractivity contribution in [3.05, 3.63) is 374 Å². The topological polar surface area (TPSA) is 104 Å². The average Bonchev–Trinajstić information content (AvgIpc) is 1.71. The molecule has 0 bridgehead atoms. The van der Waals surface area contributed by atoms with Gasteiger partial charge in [0, 0.05) is 94.7 Å². The van der Waals surface area contributed by atoms with E-state index in [4.69, 9.17) is 22.1 Å². The summed E-state index contributed by atoms with van der Waals surface area (Å²) in [6.07, 6.45) is 5.28. The molecule has 0 atom stereocenters. The van der Waals surface area contributed by atoms with Crippen LogP contribution < -0.4 is 15.6 Å². The van der Waals surface area contributed by atoms with Crippen molar-refractivity contribution in [2.24, 2.45) is 0 Å². The predicted molar refractivity (Wildman–Crippen MR) is 446 cm³/mol. The highest BCUT2D eigenvalue weighted by atomic mass is 28.3. The van der Waals surface area contributed by atoms with Crippen LogP contribution in [0.5, 0.6) is 0 Å². The zero-order valence-electron chi connectivity index (χ0n) is 59.9. The molecule has 0 N–H and O–H groups in total. The molecule has 21 aromatic rings. The molecule has 0 saturated heterocycles. The largest absolute Gasteiger partial charge is 0.456 e. The van der Waals surface area contributed by atoms with Crippen molar-refractivity contribution >= 4 is 134 Å². The van der Waals surface area contributed by atoms with Crippen LogP contribution in [-0.2, 0) is 0 Å². The number of benzene rings is 13. The summed E-state index contributed by atoms with van der Waals surface area (Å²) in [6, 6.07) is 116. The summed E-state index contributed by atoms with van der Waals surface area (Å²) < 4.78 is 30.4. The summed E-state index contributed by atoms with van der Waals surface area (Å²) in [6.45, 7) is 10.9. The van der Waals surface area contributed by atoms with Gasteiger partial charge in [-0.25, -0.2) is 15.0 Å². The van der Waals surface area contributed by atoms with E-state index in [-0.39, 0.29) is 0 Å². The van der Waals surface area contributed by atoms with Crippen LogP contribution >= 0.6 is 0 Å². The van der Waals surface area contributed by atoms with E-state index in [2.05, 4.69) is 334 Å². The van der Waals surface area contributed by atoms with Gasteiger partial charge >= 0.3 is 0 Å². The summed E-state index contributed by atoms with van der Waals surface area (Å²) in [4.78, 5) is 12.9. The molecule has 13 aromatic carbocycles. The Bertz CT molecular complexity index is 6590. The Hall–Kier alpha value is -13.5. The van der Waals surface area contributed by atoms with Gasteiger partial charge in [-0.2, -0.15) is 0 Å². The van der Waals surface area contributed by atoms with Gasteiger partial charge in [0.15, 0.2) is 0 Å². The van der Waals surface area contributed by atoms with Crippen molar-refractivity contribution in [1.82, 2.24) is 15.0 Å². The maximum absolute atomic E-state index is 6.41. The third-order valence-corrected chi connectivity index (χ3v) is 24.9. The molecule has 0 radical (unpaired) electrons. The molecule has 514 valence electrons. The van der Waals surface area contributed by atoms with Gasteiger partial charge in [-0.1, -0.05) is 303 Å². The molecular formula is C98H73N3O5Si. The first-order chi connectivity index (χ1) is 52.6. The fourth-order valence-corrected chi connectivity index (χ4v) is 18.7. The summed E-state index contributed by atoms with van der Waals surface area (Å²) in [5.41, 5.74) is 23.0. The van der Waals surface area contributed by atoms with Crippen LogP contribution in [0.3, 0.4) is 0 Å². The smallest absolute Gasteiger partial charge is 0.227 e. The third-order valence-electron chi connectivity index (χ3n) is 20.4. The number of rotatable bonds is 7. The number of aryl methyl sites for hydroxylation is 4. The first-order valence-electron chi connectivity index (χ1n) is 36.1. The predicted octanol–water partition coefficient (Wildman–Crippen LogP) is 25.1. The average molecular weight is 1400 g/mol. The van der Waals surface area contributed by atoms with E-state index in [1.165, 1.54) is 81.6 Å². The molecule has 0 amide bonds. The monoisotopic (exact) mass is 1400 g/mol. The molecule has 8 aromatic heterocycles. The molecule has 0 spiro atoms. The van der Waals surface area contributed by atoms with E-state index in [0.717, 1.165) is 93.7 Å². The fourth-order valence-electron chi connectivity index (χ4n) is 15.0. The number of nitrogens with zero attached hydrogens (tertiary/aromatic N) is 3. The highest BCUT2D eigenvalue weighted by molar-refractivity contribution is 7.11. The minimum absolute atomic E-state index is 0.696. The summed E-state index contributed by atoms with van der Waals surface area (Å²) in [7, 11) is -2.20. The standard InChI is InChI=1S/C25H20OSi.C19H14O.3C18H13NO/c1-27(19-11-4-2-5-12-19,20-13-6-3-7-14-20)24-18-10-16-22-21-15-8-9-17-23(21)26-25(22)24;1-13-7-2-3-8-14(13)16-10-6-11-17-15-9-4-5-12-18(15)20-19(16)17;1-12-5-2-6-13(11-12)14-7-3-8-15-16-9-4-10-19-18(16)20-17(14)15;1-12-7-9-13(10-8-12)14-4-2-5-15-16-6-3-11-19-18(16)20-17(14)15;1-12-6-2-3-7-13(12)14-8-4-9-15-16-10-5-11-19-18(16)20-17(14)15/h2-18H,1H3;2-12H,1H3;3*2-11H,1H3. The molecule has 0 fully saturated rings. The number of fused-ring (bicyclic) bond motifs is 15. The lowest BCUT2D eigenvalue weighted by molar-refractivity contribution is 0.654. The second-order valence-electron chi connectivity index (χ2n) is 27.2. The second-order valence-corrected chi connectivity index (χ2v) is 31.1. The summed E-state index contributed by atoms with van der Waals surface area (Å²) >= 11 is 0. The van der Waals surface area contributed by atoms with Gasteiger partial charge in [-0.15, -0.1) is 0 Å². The van der Waals surface area contributed by atoms with E-state index in [0.29, 0.717) is 17.1 Å². The van der Waals surface area contributed by atoms with Crippen molar-refractivity contribution in [3.63, 3.8) is 0 Å². The number of furan rings is 5. The first kappa shape index (κ1) is 66.7. The van der Waals surface area contributed by atoms with E-state index >= 15 is 0 Å². The molecule has 0 aliphatic heterocycles. The van der Waals surface area contributed by atoms with Crippen molar-refractivity contribution in [1.29, 1.82) is 0 Å². The van der Waals surface area contributed by atoms with Gasteiger partial charge < -0.3 is 22.1 Å². The molecule has 21 rings (SSSR count). The first-order valence-corrected chi connectivity index (χ1v) is 38.6. The highest BCUT2D eigenvalue weighted by Crippen LogP contribution is 2.41. The Morgan fingerprint density at radius 1 is 0.234 bits per heavy atom. The van der Waals surface area contributed by atoms with Crippen LogP contribution in [0.1, 0.15) is 22.3 Å². The molecule has 0 unspecified atom stereocenters. The van der Waals surface area contributed by atoms with Gasteiger partial charge in [0.1, 0.15) is 47.2 Å². The fraction of sp³-hybridized carbons (Fsp3) is 0.0510. The van der Waals surface area contributed by atoms with Crippen molar-refractivity contribution in [3.8, 4) is 44.5 Å². The van der Waals surface area contributed by atoms with Crippen LogP contribution in [0.25, 0.3) is 155 Å². The molecule has 0 aliphatic rings. The Morgan fingerprint density at radius 2 is 0.579 bits per heavy atom. The second kappa shape index (κ2) is 29.0. The highest BCUT2D eigenvalue weighted by Gasteiger charge is 2.37. The van der Waals surface area contributed by atoms with Crippen LogP contribution in [0.2, 0.25) is 6.55 Å². The Kier molecular flexibility index (Phi) is 18.1. The molecule has 107 heavy (non-hydrogen) atoms. The Balaban J connectivity index is 0.0000000987. The van der Waals surface area contributed by atoms with Gasteiger partial charge in [0.05, 0.1) is 0 Å². The SMILES string of the molecule is C[Si](c1ccccc1)(c1ccccc1)c1cccc2c1oc1ccccc12.Cc1ccc(-c2cccc3c2oc2ncccc23)cc1.Cc1cccc(-c2cccc3c2oc2ncccc23)c1.Cc1ccccc1-c1cccc2c1oc1ccccc12.Cc1ccccc1-c1cccc2c1oc1ncccc12. The lowest BCUT2D eigenvalue weighted by Crippen LogP contribution is -2.64. The minimum Gasteiger partial charge on any atom is -0.456 e. The molecule has 0 saturated carbocycles. The van der Waals surface area contributed by atoms with Crippen LogP contribution in [0.4, 0.5) is 0 Å². The quantitative estimate of drug-likeness (QED) is 0.115. The van der Waals surface area contributed by atoms with Gasteiger partial charge in [-0.3, -0.25) is 0 Å². The number of para-hydroxylation sites is 7. The van der Waals surface area contributed by atoms with Crippen molar-refractivity contribution < 1.29 is 22.1 Å². The van der Waals surface area contributed by atoms with E-state index in [1.807, 2.05) is 48.5 Å². The van der Waals surface area contributed by atoms with Crippen molar-refractivity contribution in [2.45, 2.75) is 34.2 Å². The summed E-state index contributed by atoms with van der Waals surface area (Å²) in [5.74, 6) is 0. The van der Waals surface area contributed by atoms with Gasteiger partial charge in [0.25, 0.3) is 0 Å². The van der Waals surface area contributed by atoms with Crippen LogP contribution in [0.15, 0.2) is 374 Å². The third kappa shape index (κ3) is 12.8. The van der Waals surface area contributed by atoms with E-state index < -0.39 is 8.07 Å². The van der Waals surface area contributed by atoms with E-state index in [1.54, 1.807) is 18.6 Å². The zero-order chi connectivity index (χ0) is 72.4. The number of aromatic nitrogens is 3. The maximum Gasteiger partial charge on any atom is 0.227 e. The summed E-state index contributed by atoms with van der Waals surface area (Å²) in [5, 5.41) is 15.4. The maximum atomic E-state index is 6.41. The van der Waals surface area contributed by atoms with Crippen LogP contribution in [-0.4, -0.2) is 23.0 Å². The van der Waals surface area contributed by atoms with Crippen LogP contribution in [0, 0.1) is 27.7 Å². The number of hydrogen-bond donors (Lipinski definition) is 0. The lowest BCUT2D eigenvalue weighted by atomic mass is 9.98. The Labute approximate surface area is 620 Å². The molecule has 8 nitrogen and oxygen atoms in total. The zero-order valence-corrected chi connectivity index (χ0v) is 60.9. The van der Waals surface area contributed by atoms with Gasteiger partial charge in [-0.05, 0) is 125 Å². The molecule has 9 heteroatoms. The molecular weight excluding hydrogens is 1330 g/mol. The van der Waals surface area contributed by atoms with Gasteiger partial charge in [0.2, 0.25) is 17.1 Å². The molecule has 8 heterocycles. The molecule has 0 aliphatic carbocycles. The Morgan fingerprint density at radius 3 is 1.06 bits per heavy atom. The minimum atomic E-state index is -2.20. The normalized spacial score (nSPS) is 11.4. The number of hydrogen-bond acceptors (Lipinski definition) is 8. The van der Waals surface area contributed by atoms with E-state index in [9.17, 15) is 0 Å². The lowest BCUT2D eigenvalue weighted by Gasteiger charge is -2.29. The number of pyridine rings is 3. The van der Waals surface area contributed by atoms with Crippen molar-refractivity contribution in [2.75, 3.05) is 0 Å².